The highest BCUT2D eigenvalue weighted by atomic mass is 79.9. The van der Waals surface area contributed by atoms with E-state index in [4.69, 9.17) is 0 Å². The first-order valence-corrected chi connectivity index (χ1v) is 7.68. The molecule has 1 amide bonds. The Labute approximate surface area is 130 Å². The molecule has 2 heterocycles. The summed E-state index contributed by atoms with van der Waals surface area (Å²) in [5.74, 6) is 0.154. The Morgan fingerprint density at radius 2 is 1.90 bits per heavy atom. The second kappa shape index (κ2) is 5.52. The maximum atomic E-state index is 12.5. The summed E-state index contributed by atoms with van der Waals surface area (Å²) in [4.78, 5) is 26.0. The van der Waals surface area contributed by atoms with Crippen LogP contribution in [0.1, 0.15) is 18.5 Å². The maximum absolute atomic E-state index is 12.5. The number of para-hydroxylation sites is 1. The summed E-state index contributed by atoms with van der Waals surface area (Å²) in [7, 11) is 1.84. The number of likely N-dealkylation sites (tertiary alicyclic amines) is 1. The molecule has 21 heavy (non-hydrogen) atoms. The molecule has 0 bridgehead atoms. The van der Waals surface area contributed by atoms with Gasteiger partial charge in [0.2, 0.25) is 5.91 Å². The van der Waals surface area contributed by atoms with Crippen LogP contribution in [0.5, 0.6) is 0 Å². The van der Waals surface area contributed by atoms with Crippen molar-refractivity contribution in [3.05, 3.63) is 50.9 Å². The van der Waals surface area contributed by atoms with Crippen LogP contribution in [0.15, 0.2) is 39.6 Å². The Kier molecular flexibility index (Phi) is 3.71. The molecule has 0 unspecified atom stereocenters. The summed E-state index contributed by atoms with van der Waals surface area (Å²) in [5.41, 5.74) is 1.52. The lowest BCUT2D eigenvalue weighted by Gasteiger charge is -2.17. The summed E-state index contributed by atoms with van der Waals surface area (Å²) in [6, 6.07) is 9.48. The Morgan fingerprint density at radius 3 is 2.52 bits per heavy atom. The van der Waals surface area contributed by atoms with Gasteiger partial charge in [-0.3, -0.25) is 14.3 Å². The third kappa shape index (κ3) is 2.44. The van der Waals surface area contributed by atoms with Crippen molar-refractivity contribution in [2.45, 2.75) is 19.4 Å². The normalized spacial score (nSPS) is 15.0. The summed E-state index contributed by atoms with van der Waals surface area (Å²) in [5, 5.41) is 0. The second-order valence-electron chi connectivity index (χ2n) is 5.16. The molecular formula is C15H16BrN3O2. The van der Waals surface area contributed by atoms with Crippen LogP contribution in [0.2, 0.25) is 0 Å². The van der Waals surface area contributed by atoms with Crippen LogP contribution in [-0.2, 0) is 18.4 Å². The van der Waals surface area contributed by atoms with Crippen LogP contribution < -0.4 is 5.56 Å². The lowest BCUT2D eigenvalue weighted by Crippen LogP contribution is -2.26. The van der Waals surface area contributed by atoms with E-state index >= 15 is 0 Å². The van der Waals surface area contributed by atoms with Crippen molar-refractivity contribution in [3.63, 3.8) is 0 Å². The molecule has 0 aliphatic carbocycles. The van der Waals surface area contributed by atoms with Crippen LogP contribution >= 0.6 is 15.9 Å². The molecule has 110 valence electrons. The van der Waals surface area contributed by atoms with Gasteiger partial charge in [-0.2, -0.15) is 0 Å². The minimum absolute atomic E-state index is 0.106. The Morgan fingerprint density at radius 1 is 1.19 bits per heavy atom. The van der Waals surface area contributed by atoms with E-state index in [2.05, 4.69) is 15.9 Å². The first-order valence-electron chi connectivity index (χ1n) is 6.89. The van der Waals surface area contributed by atoms with Gasteiger partial charge in [-0.05, 0) is 34.5 Å². The van der Waals surface area contributed by atoms with E-state index in [1.54, 1.807) is 9.58 Å². The molecule has 2 aromatic rings. The Hall–Kier alpha value is -1.82. The first-order chi connectivity index (χ1) is 10.1. The SMILES string of the molecule is Cn1c(CN2CCCC2=O)c(Br)c(=O)n1-c1ccccc1. The Balaban J connectivity index is 2.03. The monoisotopic (exact) mass is 349 g/mol. The lowest BCUT2D eigenvalue weighted by atomic mass is 10.3. The van der Waals surface area contributed by atoms with Crippen molar-refractivity contribution < 1.29 is 4.79 Å². The first kappa shape index (κ1) is 14.1. The number of halogens is 1. The summed E-state index contributed by atoms with van der Waals surface area (Å²) in [6.07, 6.45) is 1.49. The summed E-state index contributed by atoms with van der Waals surface area (Å²) < 4.78 is 3.95. The van der Waals surface area contributed by atoms with Gasteiger partial charge in [-0.15, -0.1) is 0 Å². The fourth-order valence-corrected chi connectivity index (χ4v) is 3.25. The fraction of sp³-hybridized carbons (Fsp3) is 0.333. The van der Waals surface area contributed by atoms with Crippen LogP contribution in [0.25, 0.3) is 5.69 Å². The minimum atomic E-state index is -0.106. The smallest absolute Gasteiger partial charge is 0.286 e. The van der Waals surface area contributed by atoms with Crippen LogP contribution in [0, 0.1) is 0 Å². The molecule has 1 aromatic carbocycles. The number of nitrogens with zero attached hydrogens (tertiary/aromatic N) is 3. The number of hydrogen-bond donors (Lipinski definition) is 0. The van der Waals surface area contributed by atoms with Crippen molar-refractivity contribution in [2.75, 3.05) is 6.54 Å². The van der Waals surface area contributed by atoms with Crippen LogP contribution in [0.3, 0.4) is 0 Å². The average Bonchev–Trinajstić information content (AvgIpc) is 2.98. The zero-order valence-electron chi connectivity index (χ0n) is 11.8. The van der Waals surface area contributed by atoms with Gasteiger partial charge in [0.25, 0.3) is 5.56 Å². The van der Waals surface area contributed by atoms with Crippen LogP contribution in [-0.4, -0.2) is 26.7 Å². The van der Waals surface area contributed by atoms with E-state index < -0.39 is 0 Å². The fourth-order valence-electron chi connectivity index (χ4n) is 2.70. The molecule has 0 spiro atoms. The van der Waals surface area contributed by atoms with Gasteiger partial charge in [0.1, 0.15) is 4.47 Å². The highest BCUT2D eigenvalue weighted by Gasteiger charge is 2.24. The number of aromatic nitrogens is 2. The predicted molar refractivity (Wildman–Crippen MR) is 83.4 cm³/mol. The quantitative estimate of drug-likeness (QED) is 0.851. The molecule has 1 fully saturated rings. The Bertz CT molecular complexity index is 733. The van der Waals surface area contributed by atoms with Crippen molar-refractivity contribution in [1.82, 2.24) is 14.3 Å². The van der Waals surface area contributed by atoms with Crippen molar-refractivity contribution >= 4 is 21.8 Å². The molecule has 1 aliphatic heterocycles. The highest BCUT2D eigenvalue weighted by molar-refractivity contribution is 9.10. The lowest BCUT2D eigenvalue weighted by molar-refractivity contribution is -0.128. The zero-order chi connectivity index (χ0) is 15.0. The van der Waals surface area contributed by atoms with Gasteiger partial charge in [0.05, 0.1) is 17.9 Å². The standard InChI is InChI=1S/C15H16BrN3O2/c1-17-12(10-18-9-5-8-13(18)20)14(16)15(21)19(17)11-6-3-2-4-7-11/h2-4,6-7H,5,8-10H2,1H3. The molecule has 1 saturated heterocycles. The van der Waals surface area contributed by atoms with E-state index in [1.165, 1.54) is 0 Å². The topological polar surface area (TPSA) is 47.2 Å². The van der Waals surface area contributed by atoms with Crippen molar-refractivity contribution in [2.24, 2.45) is 7.05 Å². The summed E-state index contributed by atoms with van der Waals surface area (Å²) in [6.45, 7) is 1.22. The number of carbonyl (C=O) groups excluding carboxylic acids is 1. The second-order valence-corrected chi connectivity index (χ2v) is 5.95. The number of benzene rings is 1. The highest BCUT2D eigenvalue weighted by Crippen LogP contribution is 2.20. The molecule has 1 aliphatic rings. The van der Waals surface area contributed by atoms with E-state index in [9.17, 15) is 9.59 Å². The molecule has 0 radical (unpaired) electrons. The molecule has 0 saturated carbocycles. The van der Waals surface area contributed by atoms with E-state index in [0.29, 0.717) is 17.4 Å². The van der Waals surface area contributed by atoms with Gasteiger partial charge in [-0.1, -0.05) is 18.2 Å². The molecule has 6 heteroatoms. The van der Waals surface area contributed by atoms with Gasteiger partial charge >= 0.3 is 0 Å². The van der Waals surface area contributed by atoms with Gasteiger partial charge in [0, 0.05) is 20.0 Å². The number of rotatable bonds is 3. The van der Waals surface area contributed by atoms with E-state index in [-0.39, 0.29) is 11.5 Å². The summed E-state index contributed by atoms with van der Waals surface area (Å²) >= 11 is 3.38. The molecule has 3 rings (SSSR count). The molecular weight excluding hydrogens is 334 g/mol. The number of amides is 1. The van der Waals surface area contributed by atoms with Gasteiger partial charge < -0.3 is 4.90 Å². The molecule has 0 N–H and O–H groups in total. The van der Waals surface area contributed by atoms with Crippen LogP contribution in [0.4, 0.5) is 0 Å². The number of carbonyl (C=O) groups is 1. The van der Waals surface area contributed by atoms with Crippen molar-refractivity contribution in [1.29, 1.82) is 0 Å². The third-order valence-corrected chi connectivity index (χ3v) is 4.63. The zero-order valence-corrected chi connectivity index (χ0v) is 13.3. The van der Waals surface area contributed by atoms with Gasteiger partial charge in [0.15, 0.2) is 0 Å². The van der Waals surface area contributed by atoms with Gasteiger partial charge in [-0.25, -0.2) is 4.68 Å². The minimum Gasteiger partial charge on any atom is -0.337 e. The predicted octanol–water partition coefficient (Wildman–Crippen LogP) is 2.06. The van der Waals surface area contributed by atoms with E-state index in [1.807, 2.05) is 42.1 Å². The molecule has 1 aromatic heterocycles. The molecule has 0 atom stereocenters. The third-order valence-electron chi connectivity index (χ3n) is 3.84. The number of hydrogen-bond acceptors (Lipinski definition) is 2. The van der Waals surface area contributed by atoms with E-state index in [0.717, 1.165) is 24.3 Å². The van der Waals surface area contributed by atoms with Crippen molar-refractivity contribution in [3.8, 4) is 5.69 Å². The average molecular weight is 350 g/mol. The molecule has 5 nitrogen and oxygen atoms in total. The maximum Gasteiger partial charge on any atom is 0.286 e. The largest absolute Gasteiger partial charge is 0.337 e.